The van der Waals surface area contributed by atoms with Gasteiger partial charge in [0.05, 0.1) is 76.8 Å². The molecule has 78 heavy (non-hydrogen) atoms. The first-order chi connectivity index (χ1) is 38.2. The molecule has 0 saturated carbocycles. The second kappa shape index (κ2) is 24.0. The molecule has 0 spiro atoms. The highest BCUT2D eigenvalue weighted by molar-refractivity contribution is 5.91. The Morgan fingerprint density at radius 3 is 0.538 bits per heavy atom. The first-order valence-corrected chi connectivity index (χ1v) is 25.3. The van der Waals surface area contributed by atoms with Crippen molar-refractivity contribution in [3.8, 4) is 67.9 Å². The average Bonchev–Trinajstić information content (AvgIpc) is 3.53. The van der Waals surface area contributed by atoms with Gasteiger partial charge in [0, 0.05) is 34.1 Å². The van der Waals surface area contributed by atoms with Gasteiger partial charge in [-0.1, -0.05) is 18.2 Å². The molecule has 0 atom stereocenters. The van der Waals surface area contributed by atoms with E-state index in [1.54, 1.807) is 42.7 Å². The molecule has 10 rings (SSSR count). The third-order valence-corrected chi connectivity index (χ3v) is 13.2. The maximum atomic E-state index is 5.50. The fraction of sp³-hybridized carbons (Fsp3) is 0.0909. The van der Waals surface area contributed by atoms with Crippen molar-refractivity contribution < 1.29 is 28.4 Å². The molecule has 0 radical (unpaired) electrons. The van der Waals surface area contributed by atoms with Crippen LogP contribution in [0.5, 0.6) is 34.5 Å². The Balaban J connectivity index is 1.12. The summed E-state index contributed by atoms with van der Waals surface area (Å²) >= 11 is 0. The summed E-state index contributed by atoms with van der Waals surface area (Å²) in [7, 11) is 10.0. The molecule has 12 nitrogen and oxygen atoms in total. The Labute approximate surface area is 455 Å². The highest BCUT2D eigenvalue weighted by Gasteiger charge is 2.16. The van der Waals surface area contributed by atoms with Crippen LogP contribution in [0.4, 0.5) is 68.2 Å². The van der Waals surface area contributed by atoms with Crippen LogP contribution >= 0.6 is 0 Å². The van der Waals surface area contributed by atoms with Gasteiger partial charge in [-0.2, -0.15) is 0 Å². The Bertz CT molecular complexity index is 3220. The van der Waals surface area contributed by atoms with Gasteiger partial charge >= 0.3 is 0 Å². The van der Waals surface area contributed by atoms with Crippen molar-refractivity contribution in [3.63, 3.8) is 0 Å². The van der Waals surface area contributed by atoms with Gasteiger partial charge in [-0.15, -0.1) is 0 Å². The molecule has 0 saturated heterocycles. The maximum absolute atomic E-state index is 5.50. The van der Waals surface area contributed by atoms with Crippen molar-refractivity contribution in [2.45, 2.75) is 0 Å². The molecule has 6 N–H and O–H groups in total. The highest BCUT2D eigenvalue weighted by Crippen LogP contribution is 2.42. The standard InChI is InChI=1S/C66H60N6O6/c1-73-55-22-10-49(11-23-55)67-61-34-7-43(40-64(61)70-52-16-28-58(76-4)29-17-52)46-37-47(44-8-35-62(68-50-12-24-56(74-2)25-13-50)65(41-44)71-53-18-30-59(77-5)31-19-53)39-48(38-46)45-9-36-63(69-51-14-26-57(75-3)27-15-51)66(42-45)72-54-20-32-60(78-6)33-21-54/h7-42,67-72H,1-6H3. The molecule has 390 valence electrons. The number of rotatable bonds is 21. The lowest BCUT2D eigenvalue weighted by Gasteiger charge is -2.19. The van der Waals surface area contributed by atoms with Gasteiger partial charge in [0.2, 0.25) is 0 Å². The van der Waals surface area contributed by atoms with Gasteiger partial charge in [0.1, 0.15) is 34.5 Å². The fourth-order valence-corrected chi connectivity index (χ4v) is 8.92. The summed E-state index contributed by atoms with van der Waals surface area (Å²) < 4.78 is 32.9. The quantitative estimate of drug-likeness (QED) is 0.0410. The zero-order valence-electron chi connectivity index (χ0n) is 44.2. The van der Waals surface area contributed by atoms with Gasteiger partial charge in [0.25, 0.3) is 0 Å². The van der Waals surface area contributed by atoms with Crippen LogP contribution < -0.4 is 60.3 Å². The van der Waals surface area contributed by atoms with Gasteiger partial charge in [-0.05, 0) is 234 Å². The lowest BCUT2D eigenvalue weighted by molar-refractivity contribution is 0.415. The van der Waals surface area contributed by atoms with Crippen LogP contribution in [0.1, 0.15) is 0 Å². The number of hydrogen-bond acceptors (Lipinski definition) is 12. The predicted octanol–water partition coefficient (Wildman–Crippen LogP) is 17.2. The zero-order valence-corrected chi connectivity index (χ0v) is 44.2. The smallest absolute Gasteiger partial charge is 0.119 e. The number of nitrogens with one attached hydrogen (secondary N) is 6. The normalized spacial score (nSPS) is 10.7. The lowest BCUT2D eigenvalue weighted by Crippen LogP contribution is -2.00. The SMILES string of the molecule is COc1ccc(Nc2ccc(-c3cc(-c4ccc(Nc5ccc(OC)cc5)c(Nc5ccc(OC)cc5)c4)cc(-c4ccc(Nc5ccc(OC)cc5)c(Nc5ccc(OC)cc5)c4)c3)cc2Nc2ccc(OC)cc2)cc1. The van der Waals surface area contributed by atoms with Crippen LogP contribution in [0, 0.1) is 0 Å². The lowest BCUT2D eigenvalue weighted by atomic mass is 9.92. The Hall–Kier alpha value is -10.2. The van der Waals surface area contributed by atoms with E-state index in [1.807, 2.05) is 146 Å². The van der Waals surface area contributed by atoms with E-state index in [0.717, 1.165) is 136 Å². The summed E-state index contributed by atoms with van der Waals surface area (Å²) in [6.45, 7) is 0. The molecule has 0 bridgehead atoms. The monoisotopic (exact) mass is 1030 g/mol. The molecule has 0 unspecified atom stereocenters. The minimum Gasteiger partial charge on any atom is -0.497 e. The summed E-state index contributed by atoms with van der Waals surface area (Å²) in [5.41, 5.74) is 16.8. The van der Waals surface area contributed by atoms with Crippen LogP contribution in [-0.2, 0) is 0 Å². The number of methoxy groups -OCH3 is 6. The molecule has 0 aliphatic rings. The van der Waals surface area contributed by atoms with E-state index in [4.69, 9.17) is 28.4 Å². The van der Waals surface area contributed by atoms with E-state index in [-0.39, 0.29) is 0 Å². The van der Waals surface area contributed by atoms with Crippen molar-refractivity contribution >= 4 is 68.2 Å². The molecule has 10 aromatic carbocycles. The van der Waals surface area contributed by atoms with Crippen molar-refractivity contribution in [1.29, 1.82) is 0 Å². The van der Waals surface area contributed by atoms with E-state index in [1.165, 1.54) is 0 Å². The van der Waals surface area contributed by atoms with E-state index >= 15 is 0 Å². The molecular weight excluding hydrogens is 973 g/mol. The molecule has 12 heteroatoms. The second-order valence-corrected chi connectivity index (χ2v) is 18.2. The van der Waals surface area contributed by atoms with E-state index in [2.05, 4.69) is 105 Å². The van der Waals surface area contributed by atoms with Gasteiger partial charge in [-0.25, -0.2) is 0 Å². The summed E-state index contributed by atoms with van der Waals surface area (Å²) in [5, 5.41) is 22.1. The number of ether oxygens (including phenoxy) is 6. The van der Waals surface area contributed by atoms with Crippen LogP contribution in [0.25, 0.3) is 33.4 Å². The second-order valence-electron chi connectivity index (χ2n) is 18.2. The molecular formula is C66H60N6O6. The van der Waals surface area contributed by atoms with E-state index in [0.29, 0.717) is 0 Å². The summed E-state index contributed by atoms with van der Waals surface area (Å²) in [5.74, 6) is 4.65. The van der Waals surface area contributed by atoms with Crippen LogP contribution in [0.2, 0.25) is 0 Å². The summed E-state index contributed by atoms with van der Waals surface area (Å²) in [6, 6.07) is 73.6. The molecule has 10 aromatic rings. The van der Waals surface area contributed by atoms with E-state index in [9.17, 15) is 0 Å². The van der Waals surface area contributed by atoms with Gasteiger partial charge in [-0.3, -0.25) is 0 Å². The third kappa shape index (κ3) is 12.5. The Morgan fingerprint density at radius 1 is 0.179 bits per heavy atom. The first kappa shape index (κ1) is 51.3. The topological polar surface area (TPSA) is 128 Å². The molecule has 0 fully saturated rings. The fourth-order valence-electron chi connectivity index (χ4n) is 8.92. The van der Waals surface area contributed by atoms with E-state index < -0.39 is 0 Å². The minimum atomic E-state index is 0.772. The Kier molecular flexibility index (Phi) is 15.8. The van der Waals surface area contributed by atoms with Crippen molar-refractivity contribution in [3.05, 3.63) is 218 Å². The molecule has 0 heterocycles. The van der Waals surface area contributed by atoms with Crippen LogP contribution in [0.3, 0.4) is 0 Å². The highest BCUT2D eigenvalue weighted by atomic mass is 16.5. The van der Waals surface area contributed by atoms with Crippen molar-refractivity contribution in [1.82, 2.24) is 0 Å². The van der Waals surface area contributed by atoms with Gasteiger partial charge < -0.3 is 60.3 Å². The van der Waals surface area contributed by atoms with Crippen LogP contribution in [-0.4, -0.2) is 42.7 Å². The maximum Gasteiger partial charge on any atom is 0.119 e. The third-order valence-electron chi connectivity index (χ3n) is 13.2. The Morgan fingerprint density at radius 2 is 0.359 bits per heavy atom. The van der Waals surface area contributed by atoms with Gasteiger partial charge in [0.15, 0.2) is 0 Å². The molecule has 0 amide bonds. The first-order valence-electron chi connectivity index (χ1n) is 25.3. The summed E-state index contributed by atoms with van der Waals surface area (Å²) in [6.07, 6.45) is 0. The molecule has 0 aliphatic heterocycles. The molecule has 0 aliphatic carbocycles. The van der Waals surface area contributed by atoms with Crippen LogP contribution in [0.15, 0.2) is 218 Å². The predicted molar refractivity (Wildman–Crippen MR) is 320 cm³/mol. The number of anilines is 12. The number of benzene rings is 10. The van der Waals surface area contributed by atoms with Crippen molar-refractivity contribution in [2.24, 2.45) is 0 Å². The largest absolute Gasteiger partial charge is 0.497 e. The molecule has 0 aromatic heterocycles. The van der Waals surface area contributed by atoms with Crippen molar-refractivity contribution in [2.75, 3.05) is 74.6 Å². The average molecular weight is 1030 g/mol. The number of hydrogen-bond donors (Lipinski definition) is 6. The summed E-state index contributed by atoms with van der Waals surface area (Å²) in [4.78, 5) is 0. The zero-order chi connectivity index (χ0) is 53.8. The minimum absolute atomic E-state index is 0.772.